The Morgan fingerprint density at radius 3 is 2.40 bits per heavy atom. The topological polar surface area (TPSA) is 54.0 Å². The van der Waals surface area contributed by atoms with Gasteiger partial charge in [-0.3, -0.25) is 4.79 Å². The Hall–Kier alpha value is -1.98. The van der Waals surface area contributed by atoms with E-state index in [2.05, 4.69) is 15.6 Å². The third-order valence-electron chi connectivity index (χ3n) is 2.52. The highest BCUT2D eigenvalue weighted by Gasteiger charge is 2.02. The molecule has 0 radical (unpaired) electrons. The largest absolute Gasteiger partial charge is 0.332 e. The van der Waals surface area contributed by atoms with Crippen LogP contribution in [0.25, 0.3) is 0 Å². The molecule has 0 saturated heterocycles. The van der Waals surface area contributed by atoms with Crippen LogP contribution in [0, 0.1) is 0 Å². The number of halogens is 1. The molecule has 2 N–H and O–H groups in total. The van der Waals surface area contributed by atoms with Crippen LogP contribution in [0.15, 0.2) is 42.6 Å². The number of Topliss-reactive ketones (excluding diaryl/α,β-unsaturated/α-hetero) is 1. The van der Waals surface area contributed by atoms with Crippen LogP contribution in [0.2, 0.25) is 5.02 Å². The number of pyridine rings is 1. The summed E-state index contributed by atoms with van der Waals surface area (Å²) in [6, 6.07) is 10.5. The standard InChI is InChI=1S/C14H12ClN3OS/c1-9(19)10-2-5-12(6-3-10)17-14(20)18-13-7-4-11(15)8-16-13/h2-8H,1H3,(H2,16,17,18,20). The lowest BCUT2D eigenvalue weighted by Gasteiger charge is -2.10. The summed E-state index contributed by atoms with van der Waals surface area (Å²) >= 11 is 10.9. The van der Waals surface area contributed by atoms with Gasteiger partial charge >= 0.3 is 0 Å². The van der Waals surface area contributed by atoms with Gasteiger partial charge in [0.1, 0.15) is 5.82 Å². The van der Waals surface area contributed by atoms with Crippen LogP contribution in [0.5, 0.6) is 0 Å². The number of hydrogen-bond acceptors (Lipinski definition) is 3. The molecule has 1 aromatic carbocycles. The van der Waals surface area contributed by atoms with Crippen molar-refractivity contribution in [3.63, 3.8) is 0 Å². The summed E-state index contributed by atoms with van der Waals surface area (Å²) in [5, 5.41) is 6.92. The molecular weight excluding hydrogens is 294 g/mol. The second kappa shape index (κ2) is 6.45. The van der Waals surface area contributed by atoms with E-state index in [1.54, 1.807) is 36.4 Å². The molecule has 1 heterocycles. The van der Waals surface area contributed by atoms with Gasteiger partial charge in [0.25, 0.3) is 0 Å². The van der Waals surface area contributed by atoms with Crippen molar-refractivity contribution in [2.45, 2.75) is 6.92 Å². The quantitative estimate of drug-likeness (QED) is 0.668. The number of carbonyl (C=O) groups excluding carboxylic acids is 1. The Bertz CT molecular complexity index is 626. The van der Waals surface area contributed by atoms with Crippen molar-refractivity contribution >= 4 is 46.2 Å². The average Bonchev–Trinajstić information content (AvgIpc) is 2.42. The smallest absolute Gasteiger partial charge is 0.176 e. The van der Waals surface area contributed by atoms with Gasteiger partial charge in [0, 0.05) is 17.4 Å². The summed E-state index contributed by atoms with van der Waals surface area (Å²) in [7, 11) is 0. The number of thiocarbonyl (C=S) groups is 1. The highest BCUT2D eigenvalue weighted by molar-refractivity contribution is 7.80. The van der Waals surface area contributed by atoms with E-state index in [9.17, 15) is 4.79 Å². The second-order valence-corrected chi connectivity index (χ2v) is 4.92. The van der Waals surface area contributed by atoms with Crippen molar-refractivity contribution in [2.24, 2.45) is 0 Å². The monoisotopic (exact) mass is 305 g/mol. The lowest BCUT2D eigenvalue weighted by atomic mass is 10.1. The Labute approximate surface area is 127 Å². The predicted molar refractivity (Wildman–Crippen MR) is 85.5 cm³/mol. The fraction of sp³-hybridized carbons (Fsp3) is 0.0714. The molecule has 102 valence electrons. The summed E-state index contributed by atoms with van der Waals surface area (Å²) in [6.07, 6.45) is 1.54. The zero-order chi connectivity index (χ0) is 14.5. The maximum atomic E-state index is 11.2. The highest BCUT2D eigenvalue weighted by atomic mass is 35.5. The number of benzene rings is 1. The van der Waals surface area contributed by atoms with Crippen LogP contribution in [0.3, 0.4) is 0 Å². The minimum atomic E-state index is 0.0302. The molecule has 0 fully saturated rings. The van der Waals surface area contributed by atoms with Gasteiger partial charge in [0.05, 0.1) is 5.02 Å². The van der Waals surface area contributed by atoms with Gasteiger partial charge in [0.2, 0.25) is 0 Å². The van der Waals surface area contributed by atoms with E-state index in [0.717, 1.165) is 5.69 Å². The summed E-state index contributed by atoms with van der Waals surface area (Å²) < 4.78 is 0. The van der Waals surface area contributed by atoms with Crippen LogP contribution in [-0.4, -0.2) is 15.9 Å². The Morgan fingerprint density at radius 1 is 1.15 bits per heavy atom. The lowest BCUT2D eigenvalue weighted by Crippen LogP contribution is -2.19. The first-order chi connectivity index (χ1) is 9.54. The summed E-state index contributed by atoms with van der Waals surface area (Å²) in [6.45, 7) is 1.53. The molecule has 0 spiro atoms. The maximum Gasteiger partial charge on any atom is 0.176 e. The molecule has 2 rings (SSSR count). The van der Waals surface area contributed by atoms with E-state index < -0.39 is 0 Å². The molecule has 0 unspecified atom stereocenters. The Kier molecular flexibility index (Phi) is 4.65. The summed E-state index contributed by atoms with van der Waals surface area (Å²) in [5.41, 5.74) is 1.45. The van der Waals surface area contributed by atoms with Crippen molar-refractivity contribution in [1.82, 2.24) is 4.98 Å². The Morgan fingerprint density at radius 2 is 1.85 bits per heavy atom. The molecule has 0 atom stereocenters. The van der Waals surface area contributed by atoms with Gasteiger partial charge in [-0.25, -0.2) is 4.98 Å². The number of carbonyl (C=O) groups is 1. The highest BCUT2D eigenvalue weighted by Crippen LogP contribution is 2.12. The molecule has 2 aromatic rings. The lowest BCUT2D eigenvalue weighted by molar-refractivity contribution is 0.101. The number of anilines is 2. The number of ketones is 1. The van der Waals surface area contributed by atoms with Crippen LogP contribution in [0.4, 0.5) is 11.5 Å². The normalized spacial score (nSPS) is 9.90. The number of nitrogens with zero attached hydrogens (tertiary/aromatic N) is 1. The molecule has 0 aliphatic rings. The molecule has 20 heavy (non-hydrogen) atoms. The molecule has 1 aromatic heterocycles. The van der Waals surface area contributed by atoms with E-state index >= 15 is 0 Å². The van der Waals surface area contributed by atoms with E-state index in [1.807, 2.05) is 0 Å². The predicted octanol–water partition coefficient (Wildman–Crippen LogP) is 3.75. The molecular formula is C14H12ClN3OS. The molecule has 6 heteroatoms. The van der Waals surface area contributed by atoms with Crippen molar-refractivity contribution < 1.29 is 4.79 Å². The number of nitrogens with one attached hydrogen (secondary N) is 2. The zero-order valence-electron chi connectivity index (χ0n) is 10.7. The third-order valence-corrected chi connectivity index (χ3v) is 2.95. The van der Waals surface area contributed by atoms with Crippen LogP contribution in [-0.2, 0) is 0 Å². The van der Waals surface area contributed by atoms with Crippen LogP contribution in [0.1, 0.15) is 17.3 Å². The minimum Gasteiger partial charge on any atom is -0.332 e. The number of hydrogen-bond donors (Lipinski definition) is 2. The molecule has 0 amide bonds. The van der Waals surface area contributed by atoms with Crippen LogP contribution >= 0.6 is 23.8 Å². The molecule has 4 nitrogen and oxygen atoms in total. The van der Waals surface area contributed by atoms with Gasteiger partial charge in [-0.15, -0.1) is 0 Å². The first-order valence-electron chi connectivity index (χ1n) is 5.85. The molecule has 0 aliphatic heterocycles. The Balaban J connectivity index is 1.97. The number of aromatic nitrogens is 1. The first-order valence-corrected chi connectivity index (χ1v) is 6.64. The van der Waals surface area contributed by atoms with E-state index in [1.165, 1.54) is 13.1 Å². The molecule has 0 bridgehead atoms. The van der Waals surface area contributed by atoms with Gasteiger partial charge < -0.3 is 10.6 Å². The summed E-state index contributed by atoms with van der Waals surface area (Å²) in [5.74, 6) is 0.634. The van der Waals surface area contributed by atoms with Crippen molar-refractivity contribution in [3.05, 3.63) is 53.2 Å². The first kappa shape index (κ1) is 14.4. The molecule has 0 saturated carbocycles. The van der Waals surface area contributed by atoms with Crippen molar-refractivity contribution in [1.29, 1.82) is 0 Å². The van der Waals surface area contributed by atoms with Gasteiger partial charge in [-0.1, -0.05) is 11.6 Å². The SMILES string of the molecule is CC(=O)c1ccc(NC(=S)Nc2ccc(Cl)cn2)cc1. The van der Waals surface area contributed by atoms with E-state index in [0.29, 0.717) is 21.5 Å². The van der Waals surface area contributed by atoms with E-state index in [4.69, 9.17) is 23.8 Å². The van der Waals surface area contributed by atoms with Gasteiger partial charge in [-0.2, -0.15) is 0 Å². The molecule has 0 aliphatic carbocycles. The van der Waals surface area contributed by atoms with Crippen LogP contribution < -0.4 is 10.6 Å². The average molecular weight is 306 g/mol. The zero-order valence-corrected chi connectivity index (χ0v) is 12.3. The van der Waals surface area contributed by atoms with Gasteiger partial charge in [-0.05, 0) is 55.5 Å². The second-order valence-electron chi connectivity index (χ2n) is 4.07. The minimum absolute atomic E-state index is 0.0302. The fourth-order valence-corrected chi connectivity index (χ4v) is 1.85. The summed E-state index contributed by atoms with van der Waals surface area (Å²) in [4.78, 5) is 15.3. The van der Waals surface area contributed by atoms with Crippen molar-refractivity contribution in [2.75, 3.05) is 10.6 Å². The van der Waals surface area contributed by atoms with Crippen molar-refractivity contribution in [3.8, 4) is 0 Å². The maximum absolute atomic E-state index is 11.2. The van der Waals surface area contributed by atoms with Gasteiger partial charge in [0.15, 0.2) is 10.9 Å². The fourth-order valence-electron chi connectivity index (χ4n) is 1.52. The number of rotatable bonds is 3. The third kappa shape index (κ3) is 4.01. The van der Waals surface area contributed by atoms with E-state index in [-0.39, 0.29) is 5.78 Å².